The van der Waals surface area contributed by atoms with Crippen LogP contribution in [-0.2, 0) is 14.9 Å². The van der Waals surface area contributed by atoms with Gasteiger partial charge in [0.15, 0.2) is 0 Å². The highest BCUT2D eigenvalue weighted by atomic mass is 16.5. The number of carbonyl (C=O) groups is 1. The molecule has 4 rings (SSSR count). The molecule has 4 nitrogen and oxygen atoms in total. The predicted molar refractivity (Wildman–Crippen MR) is 89.3 cm³/mol. The topological polar surface area (TPSA) is 41.6 Å². The standard InChI is InChI=1S/C19H26N2O2/c1-14-2-4-17(5-3-14)19(6-8-23-9-7-19)18(22)21-12-15-10-20-11-16(15)13-21/h2-5,15-16,20H,6-13H2,1H3/t15-,16+. The van der Waals surface area contributed by atoms with Gasteiger partial charge in [-0.1, -0.05) is 29.8 Å². The molecule has 1 N–H and O–H groups in total. The number of hydrogen-bond acceptors (Lipinski definition) is 3. The van der Waals surface area contributed by atoms with Gasteiger partial charge in [-0.05, 0) is 37.2 Å². The number of ether oxygens (including phenoxy) is 1. The largest absolute Gasteiger partial charge is 0.381 e. The maximum absolute atomic E-state index is 13.5. The Balaban J connectivity index is 1.63. The molecule has 0 spiro atoms. The van der Waals surface area contributed by atoms with Gasteiger partial charge in [0.25, 0.3) is 0 Å². The first kappa shape index (κ1) is 15.2. The minimum absolute atomic E-state index is 0.332. The Bertz CT molecular complexity index is 566. The SMILES string of the molecule is Cc1ccc(C2(C(=O)N3C[C@H]4CNC[C@H]4C3)CCOCC2)cc1. The molecule has 1 amide bonds. The van der Waals surface area contributed by atoms with E-state index in [1.807, 2.05) is 0 Å². The molecule has 3 fully saturated rings. The minimum atomic E-state index is -0.377. The quantitative estimate of drug-likeness (QED) is 0.904. The Hall–Kier alpha value is -1.39. The molecule has 3 heterocycles. The minimum Gasteiger partial charge on any atom is -0.381 e. The van der Waals surface area contributed by atoms with E-state index in [9.17, 15) is 4.79 Å². The molecule has 2 atom stereocenters. The van der Waals surface area contributed by atoms with Crippen LogP contribution < -0.4 is 5.32 Å². The number of aryl methyl sites for hydroxylation is 1. The molecule has 0 bridgehead atoms. The molecule has 124 valence electrons. The van der Waals surface area contributed by atoms with Crippen molar-refractivity contribution in [3.05, 3.63) is 35.4 Å². The molecule has 1 aromatic carbocycles. The molecule has 4 heteroatoms. The Labute approximate surface area is 138 Å². The summed E-state index contributed by atoms with van der Waals surface area (Å²) in [4.78, 5) is 15.6. The molecular formula is C19H26N2O2. The maximum atomic E-state index is 13.5. The second-order valence-corrected chi connectivity index (χ2v) is 7.45. The monoisotopic (exact) mass is 314 g/mol. The lowest BCUT2D eigenvalue weighted by atomic mass is 9.73. The van der Waals surface area contributed by atoms with E-state index in [0.29, 0.717) is 31.0 Å². The van der Waals surface area contributed by atoms with Gasteiger partial charge in [-0.3, -0.25) is 4.79 Å². The zero-order valence-corrected chi connectivity index (χ0v) is 13.9. The summed E-state index contributed by atoms with van der Waals surface area (Å²) in [5, 5.41) is 3.45. The average molecular weight is 314 g/mol. The highest BCUT2D eigenvalue weighted by Crippen LogP contribution is 2.39. The average Bonchev–Trinajstić information content (AvgIpc) is 3.17. The van der Waals surface area contributed by atoms with E-state index in [-0.39, 0.29) is 5.41 Å². The third-order valence-corrected chi connectivity index (χ3v) is 6.04. The molecule has 0 saturated carbocycles. The fourth-order valence-corrected chi connectivity index (χ4v) is 4.54. The third kappa shape index (κ3) is 2.58. The molecule has 0 aromatic heterocycles. The van der Waals surface area contributed by atoms with Crippen molar-refractivity contribution in [2.75, 3.05) is 39.4 Å². The van der Waals surface area contributed by atoms with Gasteiger partial charge in [-0.2, -0.15) is 0 Å². The molecule has 0 aliphatic carbocycles. The second-order valence-electron chi connectivity index (χ2n) is 7.45. The van der Waals surface area contributed by atoms with Crippen LogP contribution in [0.3, 0.4) is 0 Å². The number of nitrogens with one attached hydrogen (secondary N) is 1. The van der Waals surface area contributed by atoms with Gasteiger partial charge >= 0.3 is 0 Å². The number of fused-ring (bicyclic) bond motifs is 1. The van der Waals surface area contributed by atoms with Crippen LogP contribution in [-0.4, -0.2) is 50.2 Å². The first-order valence-corrected chi connectivity index (χ1v) is 8.84. The highest BCUT2D eigenvalue weighted by molar-refractivity contribution is 5.88. The first-order valence-electron chi connectivity index (χ1n) is 8.84. The van der Waals surface area contributed by atoms with Gasteiger partial charge in [0, 0.05) is 39.4 Å². The van der Waals surface area contributed by atoms with Crippen LogP contribution in [0, 0.1) is 18.8 Å². The van der Waals surface area contributed by atoms with Crippen molar-refractivity contribution in [3.63, 3.8) is 0 Å². The lowest BCUT2D eigenvalue weighted by molar-refractivity contribution is -0.140. The van der Waals surface area contributed by atoms with Crippen LogP contribution in [0.1, 0.15) is 24.0 Å². The van der Waals surface area contributed by atoms with Crippen LogP contribution in [0.4, 0.5) is 0 Å². The fourth-order valence-electron chi connectivity index (χ4n) is 4.54. The van der Waals surface area contributed by atoms with E-state index < -0.39 is 0 Å². The summed E-state index contributed by atoms with van der Waals surface area (Å²) >= 11 is 0. The number of nitrogens with zero attached hydrogens (tertiary/aromatic N) is 1. The molecule has 3 saturated heterocycles. The van der Waals surface area contributed by atoms with Crippen molar-refractivity contribution < 1.29 is 9.53 Å². The van der Waals surface area contributed by atoms with Crippen LogP contribution in [0.25, 0.3) is 0 Å². The number of benzene rings is 1. The maximum Gasteiger partial charge on any atom is 0.233 e. The van der Waals surface area contributed by atoms with Crippen LogP contribution in [0.5, 0.6) is 0 Å². The van der Waals surface area contributed by atoms with E-state index in [2.05, 4.69) is 41.4 Å². The van der Waals surface area contributed by atoms with Gasteiger partial charge < -0.3 is 15.0 Å². The molecule has 3 aliphatic rings. The third-order valence-electron chi connectivity index (χ3n) is 6.04. The Morgan fingerprint density at radius 2 is 1.74 bits per heavy atom. The Morgan fingerprint density at radius 3 is 2.35 bits per heavy atom. The smallest absolute Gasteiger partial charge is 0.233 e. The van der Waals surface area contributed by atoms with Gasteiger partial charge in [-0.15, -0.1) is 0 Å². The van der Waals surface area contributed by atoms with E-state index in [1.54, 1.807) is 0 Å². The van der Waals surface area contributed by atoms with E-state index >= 15 is 0 Å². The lowest BCUT2D eigenvalue weighted by Gasteiger charge is -2.39. The summed E-state index contributed by atoms with van der Waals surface area (Å²) in [5.74, 6) is 1.63. The number of hydrogen-bond donors (Lipinski definition) is 1. The molecule has 0 unspecified atom stereocenters. The summed E-state index contributed by atoms with van der Waals surface area (Å²) in [5.41, 5.74) is 2.04. The summed E-state index contributed by atoms with van der Waals surface area (Å²) in [6, 6.07) is 8.55. The van der Waals surface area contributed by atoms with Gasteiger partial charge in [-0.25, -0.2) is 0 Å². The van der Waals surface area contributed by atoms with E-state index in [1.165, 1.54) is 11.1 Å². The fraction of sp³-hybridized carbons (Fsp3) is 0.632. The normalized spacial score (nSPS) is 29.5. The van der Waals surface area contributed by atoms with Crippen LogP contribution in [0.15, 0.2) is 24.3 Å². The van der Waals surface area contributed by atoms with Crippen molar-refractivity contribution in [1.82, 2.24) is 10.2 Å². The van der Waals surface area contributed by atoms with Crippen molar-refractivity contribution in [2.24, 2.45) is 11.8 Å². The first-order chi connectivity index (χ1) is 11.2. The van der Waals surface area contributed by atoms with Crippen molar-refractivity contribution in [2.45, 2.75) is 25.2 Å². The van der Waals surface area contributed by atoms with Crippen LogP contribution >= 0.6 is 0 Å². The Morgan fingerprint density at radius 1 is 1.13 bits per heavy atom. The lowest BCUT2D eigenvalue weighted by Crippen LogP contribution is -2.49. The zero-order chi connectivity index (χ0) is 15.9. The summed E-state index contributed by atoms with van der Waals surface area (Å²) in [6.07, 6.45) is 1.61. The number of likely N-dealkylation sites (tertiary alicyclic amines) is 1. The zero-order valence-electron chi connectivity index (χ0n) is 13.9. The van der Waals surface area contributed by atoms with Crippen molar-refractivity contribution in [3.8, 4) is 0 Å². The highest BCUT2D eigenvalue weighted by Gasteiger charge is 2.47. The molecule has 3 aliphatic heterocycles. The molecule has 1 aromatic rings. The van der Waals surface area contributed by atoms with E-state index in [0.717, 1.165) is 39.0 Å². The Kier molecular flexibility index (Phi) is 3.90. The predicted octanol–water partition coefficient (Wildman–Crippen LogP) is 1.72. The summed E-state index contributed by atoms with van der Waals surface area (Å²) in [7, 11) is 0. The van der Waals surface area contributed by atoms with Crippen molar-refractivity contribution in [1.29, 1.82) is 0 Å². The van der Waals surface area contributed by atoms with Gasteiger partial charge in [0.05, 0.1) is 5.41 Å². The number of rotatable bonds is 2. The molecule has 23 heavy (non-hydrogen) atoms. The number of amides is 1. The molecular weight excluding hydrogens is 288 g/mol. The summed E-state index contributed by atoms with van der Waals surface area (Å²) in [6.45, 7) is 7.43. The summed E-state index contributed by atoms with van der Waals surface area (Å²) < 4.78 is 5.58. The van der Waals surface area contributed by atoms with Crippen LogP contribution in [0.2, 0.25) is 0 Å². The van der Waals surface area contributed by atoms with Gasteiger partial charge in [0.1, 0.15) is 0 Å². The van der Waals surface area contributed by atoms with E-state index in [4.69, 9.17) is 4.74 Å². The molecule has 0 radical (unpaired) electrons. The van der Waals surface area contributed by atoms with Gasteiger partial charge in [0.2, 0.25) is 5.91 Å². The van der Waals surface area contributed by atoms with Crippen molar-refractivity contribution >= 4 is 5.91 Å². The number of carbonyl (C=O) groups excluding carboxylic acids is 1. The second kappa shape index (κ2) is 5.91.